The van der Waals surface area contributed by atoms with Gasteiger partial charge < -0.3 is 15.0 Å². The first kappa shape index (κ1) is 13.8. The third kappa shape index (κ3) is 2.67. The van der Waals surface area contributed by atoms with E-state index in [0.29, 0.717) is 19.2 Å². The van der Waals surface area contributed by atoms with E-state index >= 15 is 0 Å². The fourth-order valence-electron chi connectivity index (χ4n) is 3.62. The van der Waals surface area contributed by atoms with Gasteiger partial charge >= 0.3 is 0 Å². The van der Waals surface area contributed by atoms with Gasteiger partial charge in [-0.05, 0) is 36.8 Å². The molecule has 2 atom stereocenters. The summed E-state index contributed by atoms with van der Waals surface area (Å²) in [6.45, 7) is 3.19. The third-order valence-electron chi connectivity index (χ3n) is 4.57. The summed E-state index contributed by atoms with van der Waals surface area (Å²) in [6, 6.07) is 5.97. The van der Waals surface area contributed by atoms with Crippen LogP contribution in [-0.4, -0.2) is 32.8 Å². The minimum Gasteiger partial charge on any atom is -0.383 e. The Balaban J connectivity index is 1.75. The number of hydrogen-bond acceptors (Lipinski definition) is 3. The lowest BCUT2D eigenvalue weighted by molar-refractivity contribution is 0.199. The zero-order valence-electron chi connectivity index (χ0n) is 12.1. The summed E-state index contributed by atoms with van der Waals surface area (Å²) in [5, 5.41) is 3.32. The van der Waals surface area contributed by atoms with Gasteiger partial charge in [0.25, 0.3) is 0 Å². The van der Waals surface area contributed by atoms with Crippen LogP contribution in [0.25, 0.3) is 0 Å². The number of methoxy groups -OCH3 is 1. The maximum Gasteiger partial charge on any atom is 0.146 e. The summed E-state index contributed by atoms with van der Waals surface area (Å²) in [6.07, 6.45) is 3.78. The van der Waals surface area contributed by atoms with E-state index in [2.05, 4.69) is 10.2 Å². The van der Waals surface area contributed by atoms with Gasteiger partial charge in [-0.2, -0.15) is 0 Å². The van der Waals surface area contributed by atoms with Crippen molar-refractivity contribution in [3.8, 4) is 0 Å². The van der Waals surface area contributed by atoms with E-state index < -0.39 is 0 Å². The van der Waals surface area contributed by atoms with Crippen LogP contribution in [0.3, 0.4) is 0 Å². The number of halogens is 1. The van der Waals surface area contributed by atoms with E-state index in [1.807, 2.05) is 6.07 Å². The van der Waals surface area contributed by atoms with Crippen molar-refractivity contribution in [3.63, 3.8) is 0 Å². The number of rotatable bonds is 6. The molecule has 3 nitrogen and oxygen atoms in total. The average molecular weight is 278 g/mol. The Morgan fingerprint density at radius 2 is 2.30 bits per heavy atom. The highest BCUT2D eigenvalue weighted by Crippen LogP contribution is 2.42. The molecule has 1 aliphatic heterocycles. The van der Waals surface area contributed by atoms with Gasteiger partial charge in [0.1, 0.15) is 5.82 Å². The molecule has 1 aromatic rings. The summed E-state index contributed by atoms with van der Waals surface area (Å²) in [7, 11) is 1.69. The number of piperidine rings is 1. The molecule has 0 radical (unpaired) electrons. The molecule has 1 saturated heterocycles. The first-order chi connectivity index (χ1) is 9.79. The monoisotopic (exact) mass is 278 g/mol. The molecule has 2 fully saturated rings. The topological polar surface area (TPSA) is 24.5 Å². The summed E-state index contributed by atoms with van der Waals surface area (Å²) < 4.78 is 19.3. The first-order valence-electron chi connectivity index (χ1n) is 7.53. The van der Waals surface area contributed by atoms with Crippen LogP contribution in [0.4, 0.5) is 10.1 Å². The van der Waals surface area contributed by atoms with Crippen molar-refractivity contribution in [1.82, 2.24) is 5.32 Å². The number of benzene rings is 1. The minimum atomic E-state index is -0.0800. The Morgan fingerprint density at radius 1 is 1.40 bits per heavy atom. The van der Waals surface area contributed by atoms with Crippen molar-refractivity contribution in [1.29, 1.82) is 0 Å². The third-order valence-corrected chi connectivity index (χ3v) is 4.57. The quantitative estimate of drug-likeness (QED) is 0.809. The summed E-state index contributed by atoms with van der Waals surface area (Å²) >= 11 is 0. The van der Waals surface area contributed by atoms with E-state index in [9.17, 15) is 4.39 Å². The maximum absolute atomic E-state index is 14.3. The second-order valence-corrected chi connectivity index (χ2v) is 5.90. The lowest BCUT2D eigenvalue weighted by Gasteiger charge is -2.31. The van der Waals surface area contributed by atoms with E-state index in [4.69, 9.17) is 4.74 Å². The Labute approximate surface area is 120 Å². The van der Waals surface area contributed by atoms with Crippen LogP contribution in [0.2, 0.25) is 0 Å². The lowest BCUT2D eigenvalue weighted by Crippen LogP contribution is -2.34. The smallest absolute Gasteiger partial charge is 0.146 e. The zero-order chi connectivity index (χ0) is 13.9. The van der Waals surface area contributed by atoms with Crippen molar-refractivity contribution >= 4 is 5.69 Å². The molecule has 0 aromatic heterocycles. The van der Waals surface area contributed by atoms with E-state index in [0.717, 1.165) is 30.3 Å². The predicted octanol–water partition coefficient (Wildman–Crippen LogP) is 2.55. The van der Waals surface area contributed by atoms with E-state index in [1.54, 1.807) is 19.2 Å². The molecule has 3 rings (SSSR count). The first-order valence-corrected chi connectivity index (χ1v) is 7.53. The van der Waals surface area contributed by atoms with Gasteiger partial charge in [-0.1, -0.05) is 12.1 Å². The number of ether oxygens (including phenoxy) is 1. The number of nitrogens with one attached hydrogen (secondary N) is 1. The van der Waals surface area contributed by atoms with Crippen LogP contribution in [0, 0.1) is 11.7 Å². The van der Waals surface area contributed by atoms with Crippen molar-refractivity contribution in [2.24, 2.45) is 5.92 Å². The predicted molar refractivity (Wildman–Crippen MR) is 78.5 cm³/mol. The van der Waals surface area contributed by atoms with E-state index in [-0.39, 0.29) is 5.82 Å². The molecule has 20 heavy (non-hydrogen) atoms. The van der Waals surface area contributed by atoms with Gasteiger partial charge in [0, 0.05) is 32.8 Å². The van der Waals surface area contributed by atoms with Crippen LogP contribution < -0.4 is 10.2 Å². The van der Waals surface area contributed by atoms with Gasteiger partial charge in [0.2, 0.25) is 0 Å². The average Bonchev–Trinajstić information content (AvgIpc) is 3.06. The highest BCUT2D eigenvalue weighted by Gasteiger charge is 2.39. The van der Waals surface area contributed by atoms with Crippen LogP contribution >= 0.6 is 0 Å². The lowest BCUT2D eigenvalue weighted by atomic mass is 10.1. The second kappa shape index (κ2) is 6.10. The Morgan fingerprint density at radius 3 is 3.00 bits per heavy atom. The molecular formula is C16H23FN2O. The zero-order valence-corrected chi connectivity index (χ0v) is 12.1. The number of nitrogens with zero attached hydrogens (tertiary/aromatic N) is 1. The normalized spacial score (nSPS) is 24.6. The molecule has 110 valence electrons. The summed E-state index contributed by atoms with van der Waals surface area (Å²) in [4.78, 5) is 2.30. The van der Waals surface area contributed by atoms with Gasteiger partial charge in [-0.3, -0.25) is 0 Å². The molecule has 1 saturated carbocycles. The Hall–Kier alpha value is -1.13. The molecule has 4 heteroatoms. The molecule has 0 amide bonds. The largest absolute Gasteiger partial charge is 0.383 e. The van der Waals surface area contributed by atoms with Crippen LogP contribution in [0.5, 0.6) is 0 Å². The van der Waals surface area contributed by atoms with Gasteiger partial charge in [0.05, 0.1) is 12.3 Å². The number of anilines is 1. The number of hydrogen-bond donors (Lipinski definition) is 1. The molecule has 1 aromatic carbocycles. The van der Waals surface area contributed by atoms with E-state index in [1.165, 1.54) is 19.3 Å². The molecule has 2 aliphatic rings. The second-order valence-electron chi connectivity index (χ2n) is 5.90. The summed E-state index contributed by atoms with van der Waals surface area (Å²) in [5.41, 5.74) is 1.89. The van der Waals surface area contributed by atoms with Crippen molar-refractivity contribution < 1.29 is 9.13 Å². The maximum atomic E-state index is 14.3. The fourth-order valence-corrected chi connectivity index (χ4v) is 3.62. The van der Waals surface area contributed by atoms with Crippen molar-refractivity contribution in [3.05, 3.63) is 29.6 Å². The fraction of sp³-hybridized carbons (Fsp3) is 0.625. The van der Waals surface area contributed by atoms with Crippen LogP contribution in [0.1, 0.15) is 24.8 Å². The molecule has 1 N–H and O–H groups in total. The number of para-hydroxylation sites is 1. The SMILES string of the molecule is COCCNCc1cccc(F)c1N1CC2CCC1C2. The highest BCUT2D eigenvalue weighted by atomic mass is 19.1. The molecule has 1 heterocycles. The highest BCUT2D eigenvalue weighted by molar-refractivity contribution is 5.57. The molecule has 2 unspecified atom stereocenters. The van der Waals surface area contributed by atoms with Crippen molar-refractivity contribution in [2.45, 2.75) is 31.8 Å². The molecule has 1 aliphatic carbocycles. The number of fused-ring (bicyclic) bond motifs is 2. The van der Waals surface area contributed by atoms with Gasteiger partial charge in [0.15, 0.2) is 0 Å². The van der Waals surface area contributed by atoms with Crippen molar-refractivity contribution in [2.75, 3.05) is 31.7 Å². The van der Waals surface area contributed by atoms with Gasteiger partial charge in [-0.25, -0.2) is 4.39 Å². The standard InChI is InChI=1S/C16H23FN2O/c1-20-8-7-18-10-13-3-2-4-15(17)16(13)19-11-12-5-6-14(19)9-12/h2-4,12,14,18H,5-11H2,1H3. The van der Waals surface area contributed by atoms with Gasteiger partial charge in [-0.15, -0.1) is 0 Å². The summed E-state index contributed by atoms with van der Waals surface area (Å²) in [5.74, 6) is 0.692. The minimum absolute atomic E-state index is 0.0800. The molecule has 2 bridgehead atoms. The molecular weight excluding hydrogens is 255 g/mol. The molecule has 0 spiro atoms. The van der Waals surface area contributed by atoms with Crippen LogP contribution in [0.15, 0.2) is 18.2 Å². The Bertz CT molecular complexity index is 466. The Kier molecular flexibility index (Phi) is 4.22. The van der Waals surface area contributed by atoms with Crippen LogP contribution in [-0.2, 0) is 11.3 Å².